The summed E-state index contributed by atoms with van der Waals surface area (Å²) < 4.78 is 5.45. The molecule has 0 radical (unpaired) electrons. The first-order valence-electron chi connectivity index (χ1n) is 5.73. The van der Waals surface area contributed by atoms with Crippen LogP contribution in [0.5, 0.6) is 0 Å². The van der Waals surface area contributed by atoms with E-state index in [1.54, 1.807) is 6.26 Å². The van der Waals surface area contributed by atoms with Crippen LogP contribution in [-0.2, 0) is 0 Å². The molecule has 1 aliphatic rings. The van der Waals surface area contributed by atoms with Gasteiger partial charge in [-0.15, -0.1) is 0 Å². The van der Waals surface area contributed by atoms with E-state index in [1.807, 2.05) is 12.1 Å². The van der Waals surface area contributed by atoms with Crippen molar-refractivity contribution in [2.75, 3.05) is 6.54 Å². The molecule has 1 aromatic heterocycles. The van der Waals surface area contributed by atoms with Crippen molar-refractivity contribution in [3.8, 4) is 0 Å². The van der Waals surface area contributed by atoms with Crippen LogP contribution in [0, 0.1) is 0 Å². The van der Waals surface area contributed by atoms with E-state index in [0.717, 1.165) is 25.1 Å². The molecule has 1 saturated heterocycles. The lowest BCUT2D eigenvalue weighted by molar-refractivity contribution is 0.0926. The molecular formula is C12H20N2O. The zero-order chi connectivity index (χ0) is 10.8. The van der Waals surface area contributed by atoms with Crippen molar-refractivity contribution in [1.29, 1.82) is 0 Å². The van der Waals surface area contributed by atoms with E-state index < -0.39 is 0 Å². The first-order chi connectivity index (χ1) is 7.18. The van der Waals surface area contributed by atoms with Crippen molar-refractivity contribution in [3.63, 3.8) is 0 Å². The summed E-state index contributed by atoms with van der Waals surface area (Å²) in [6.07, 6.45) is 3.92. The summed E-state index contributed by atoms with van der Waals surface area (Å²) in [7, 11) is 0. The second kappa shape index (κ2) is 4.37. The van der Waals surface area contributed by atoms with Crippen molar-refractivity contribution >= 4 is 0 Å². The maximum atomic E-state index is 5.96. The lowest BCUT2D eigenvalue weighted by Crippen LogP contribution is -2.46. The predicted molar refractivity (Wildman–Crippen MR) is 60.5 cm³/mol. The van der Waals surface area contributed by atoms with Gasteiger partial charge in [0, 0.05) is 18.6 Å². The Balaban J connectivity index is 2.04. The highest BCUT2D eigenvalue weighted by Crippen LogP contribution is 2.27. The zero-order valence-corrected chi connectivity index (χ0v) is 9.52. The van der Waals surface area contributed by atoms with Crippen LogP contribution >= 0.6 is 0 Å². The summed E-state index contributed by atoms with van der Waals surface area (Å²) in [5.74, 6) is 1.05. The van der Waals surface area contributed by atoms with Crippen LogP contribution in [0.1, 0.15) is 38.5 Å². The highest BCUT2D eigenvalue weighted by atomic mass is 16.3. The molecule has 0 aliphatic carbocycles. The minimum absolute atomic E-state index is 0.363. The largest absolute Gasteiger partial charge is 0.468 e. The van der Waals surface area contributed by atoms with Crippen LogP contribution in [0.15, 0.2) is 22.8 Å². The molecule has 2 heterocycles. The zero-order valence-electron chi connectivity index (χ0n) is 9.52. The van der Waals surface area contributed by atoms with Gasteiger partial charge in [-0.1, -0.05) is 0 Å². The monoisotopic (exact) mass is 208 g/mol. The fourth-order valence-electron chi connectivity index (χ4n) is 2.49. The predicted octanol–water partition coefficient (Wildman–Crippen LogP) is 2.15. The molecule has 0 saturated carbocycles. The molecule has 0 amide bonds. The lowest BCUT2D eigenvalue weighted by Gasteiger charge is -2.39. The van der Waals surface area contributed by atoms with Crippen molar-refractivity contribution in [1.82, 2.24) is 4.90 Å². The van der Waals surface area contributed by atoms with Crippen molar-refractivity contribution in [2.24, 2.45) is 5.73 Å². The molecule has 0 spiro atoms. The molecule has 0 bridgehead atoms. The summed E-state index contributed by atoms with van der Waals surface area (Å²) in [5, 5.41) is 0. The highest BCUT2D eigenvalue weighted by Gasteiger charge is 2.28. The molecule has 84 valence electrons. The van der Waals surface area contributed by atoms with Gasteiger partial charge >= 0.3 is 0 Å². The Kier molecular flexibility index (Phi) is 3.12. The van der Waals surface area contributed by atoms with E-state index in [9.17, 15) is 0 Å². The van der Waals surface area contributed by atoms with Gasteiger partial charge < -0.3 is 10.2 Å². The number of hydrogen-bond donors (Lipinski definition) is 1. The number of furan rings is 1. The van der Waals surface area contributed by atoms with Gasteiger partial charge in [0.05, 0.1) is 12.3 Å². The number of nitrogens with two attached hydrogens (primary N) is 1. The van der Waals surface area contributed by atoms with Crippen molar-refractivity contribution < 1.29 is 4.42 Å². The van der Waals surface area contributed by atoms with Gasteiger partial charge in [0.2, 0.25) is 0 Å². The molecule has 1 fully saturated rings. The molecule has 2 rings (SSSR count). The first-order valence-corrected chi connectivity index (χ1v) is 5.73. The van der Waals surface area contributed by atoms with Crippen LogP contribution in [0.4, 0.5) is 0 Å². The number of piperidine rings is 1. The average Bonchev–Trinajstić information content (AvgIpc) is 2.69. The topological polar surface area (TPSA) is 42.4 Å². The van der Waals surface area contributed by atoms with Crippen molar-refractivity contribution in [2.45, 2.75) is 44.8 Å². The number of hydrogen-bond acceptors (Lipinski definition) is 3. The molecule has 3 unspecified atom stereocenters. The maximum Gasteiger partial charge on any atom is 0.120 e. The Labute approximate surface area is 91.2 Å². The number of likely N-dealkylation sites (tertiary alicyclic amines) is 1. The lowest BCUT2D eigenvalue weighted by atomic mass is 9.97. The van der Waals surface area contributed by atoms with Crippen LogP contribution in [0.25, 0.3) is 0 Å². The standard InChI is InChI=1S/C12H20N2O/c1-9-8-11(13)5-6-14(9)10(2)12-4-3-7-15-12/h3-4,7,9-11H,5-6,8,13H2,1-2H3. The Bertz CT molecular complexity index is 297. The van der Waals surface area contributed by atoms with Gasteiger partial charge in [-0.05, 0) is 38.8 Å². The van der Waals surface area contributed by atoms with E-state index in [4.69, 9.17) is 10.2 Å². The number of rotatable bonds is 2. The van der Waals surface area contributed by atoms with Crippen LogP contribution in [0.3, 0.4) is 0 Å². The average molecular weight is 208 g/mol. The third-order valence-corrected chi connectivity index (χ3v) is 3.42. The fraction of sp³-hybridized carbons (Fsp3) is 0.667. The third-order valence-electron chi connectivity index (χ3n) is 3.42. The Morgan fingerprint density at radius 3 is 3.00 bits per heavy atom. The van der Waals surface area contributed by atoms with Crippen LogP contribution in [0.2, 0.25) is 0 Å². The minimum Gasteiger partial charge on any atom is -0.468 e. The Morgan fingerprint density at radius 1 is 1.60 bits per heavy atom. The minimum atomic E-state index is 0.363. The highest BCUT2D eigenvalue weighted by molar-refractivity contribution is 5.04. The SMILES string of the molecule is CC1CC(N)CCN1C(C)c1ccco1. The van der Waals surface area contributed by atoms with Gasteiger partial charge in [0.1, 0.15) is 5.76 Å². The fourth-order valence-corrected chi connectivity index (χ4v) is 2.49. The summed E-state index contributed by atoms with van der Waals surface area (Å²) in [6, 6.07) is 5.29. The summed E-state index contributed by atoms with van der Waals surface area (Å²) in [6.45, 7) is 5.52. The Hall–Kier alpha value is -0.800. The molecule has 1 aromatic rings. The van der Waals surface area contributed by atoms with E-state index >= 15 is 0 Å². The molecule has 2 N–H and O–H groups in total. The molecule has 1 aliphatic heterocycles. The maximum absolute atomic E-state index is 5.96. The van der Waals surface area contributed by atoms with Gasteiger partial charge in [0.25, 0.3) is 0 Å². The van der Waals surface area contributed by atoms with E-state index in [0.29, 0.717) is 18.1 Å². The normalized spacial score (nSPS) is 30.3. The summed E-state index contributed by atoms with van der Waals surface area (Å²) >= 11 is 0. The molecule has 3 atom stereocenters. The molecular weight excluding hydrogens is 188 g/mol. The van der Waals surface area contributed by atoms with Crippen LogP contribution < -0.4 is 5.73 Å². The van der Waals surface area contributed by atoms with Gasteiger partial charge in [-0.3, -0.25) is 4.90 Å². The molecule has 0 aromatic carbocycles. The van der Waals surface area contributed by atoms with E-state index in [1.165, 1.54) is 0 Å². The second-order valence-electron chi connectivity index (χ2n) is 4.56. The molecule has 3 heteroatoms. The smallest absolute Gasteiger partial charge is 0.120 e. The first kappa shape index (κ1) is 10.7. The van der Waals surface area contributed by atoms with Crippen molar-refractivity contribution in [3.05, 3.63) is 24.2 Å². The van der Waals surface area contributed by atoms with E-state index in [2.05, 4.69) is 18.7 Å². The second-order valence-corrected chi connectivity index (χ2v) is 4.56. The van der Waals surface area contributed by atoms with Crippen LogP contribution in [-0.4, -0.2) is 23.5 Å². The molecule has 15 heavy (non-hydrogen) atoms. The van der Waals surface area contributed by atoms with E-state index in [-0.39, 0.29) is 0 Å². The summed E-state index contributed by atoms with van der Waals surface area (Å²) in [5.41, 5.74) is 5.96. The summed E-state index contributed by atoms with van der Waals surface area (Å²) in [4.78, 5) is 2.47. The third kappa shape index (κ3) is 2.24. The molecule has 3 nitrogen and oxygen atoms in total. The number of nitrogens with zero attached hydrogens (tertiary/aromatic N) is 1. The quantitative estimate of drug-likeness (QED) is 0.809. The van der Waals surface area contributed by atoms with Gasteiger partial charge in [0.15, 0.2) is 0 Å². The Morgan fingerprint density at radius 2 is 2.40 bits per heavy atom. The van der Waals surface area contributed by atoms with Gasteiger partial charge in [-0.25, -0.2) is 0 Å². The van der Waals surface area contributed by atoms with Gasteiger partial charge in [-0.2, -0.15) is 0 Å².